The Bertz CT molecular complexity index is 1190. The van der Waals surface area contributed by atoms with Crippen LogP contribution in [0.2, 0.25) is 0 Å². The van der Waals surface area contributed by atoms with E-state index in [1.54, 1.807) is 54.6 Å². The number of hydrogen-bond acceptors (Lipinski definition) is 4. The highest BCUT2D eigenvalue weighted by molar-refractivity contribution is 9.11. The van der Waals surface area contributed by atoms with Crippen LogP contribution in [0, 0.1) is 10.1 Å². The summed E-state index contributed by atoms with van der Waals surface area (Å²) in [7, 11) is 0. The van der Waals surface area contributed by atoms with Crippen molar-refractivity contribution < 1.29 is 14.5 Å². The number of para-hydroxylation sites is 1. The van der Waals surface area contributed by atoms with Gasteiger partial charge in [-0.3, -0.25) is 19.7 Å². The monoisotopic (exact) mass is 543 g/mol. The van der Waals surface area contributed by atoms with Crippen LogP contribution in [-0.4, -0.2) is 16.7 Å². The molecule has 0 radical (unpaired) electrons. The fourth-order valence-corrected chi connectivity index (χ4v) is 3.49. The highest BCUT2D eigenvalue weighted by Crippen LogP contribution is 2.23. The fourth-order valence-electron chi connectivity index (χ4n) is 2.64. The van der Waals surface area contributed by atoms with Gasteiger partial charge in [0, 0.05) is 21.1 Å². The molecule has 0 saturated carbocycles. The molecule has 7 nitrogen and oxygen atoms in total. The Labute approximate surface area is 194 Å². The molecule has 0 heterocycles. The van der Waals surface area contributed by atoms with E-state index in [2.05, 4.69) is 42.5 Å². The predicted octanol–water partition coefficient (Wildman–Crippen LogP) is 5.53. The minimum absolute atomic E-state index is 0.0722. The van der Waals surface area contributed by atoms with Crippen LogP contribution in [0.15, 0.2) is 87.4 Å². The van der Waals surface area contributed by atoms with Crippen molar-refractivity contribution in [1.82, 2.24) is 5.32 Å². The summed E-state index contributed by atoms with van der Waals surface area (Å²) in [6.07, 6.45) is 1.38. The van der Waals surface area contributed by atoms with Crippen LogP contribution >= 0.6 is 31.9 Å². The lowest BCUT2D eigenvalue weighted by molar-refractivity contribution is -0.384. The van der Waals surface area contributed by atoms with E-state index < -0.39 is 16.7 Å². The van der Waals surface area contributed by atoms with E-state index in [9.17, 15) is 19.7 Å². The number of halogens is 2. The number of anilines is 1. The molecule has 0 unspecified atom stereocenters. The second-order valence-corrected chi connectivity index (χ2v) is 7.99. The Morgan fingerprint density at radius 1 is 0.903 bits per heavy atom. The number of carbonyl (C=O) groups is 2. The van der Waals surface area contributed by atoms with E-state index in [4.69, 9.17) is 0 Å². The maximum Gasteiger partial charge on any atom is 0.272 e. The molecule has 0 aliphatic heterocycles. The van der Waals surface area contributed by atoms with Gasteiger partial charge in [-0.15, -0.1) is 0 Å². The summed E-state index contributed by atoms with van der Waals surface area (Å²) in [5, 5.41) is 16.4. The van der Waals surface area contributed by atoms with Gasteiger partial charge in [0.2, 0.25) is 0 Å². The molecule has 0 aromatic heterocycles. The quantitative estimate of drug-likeness (QED) is 0.242. The Hall–Kier alpha value is -3.30. The highest BCUT2D eigenvalue weighted by atomic mass is 79.9. The molecule has 2 N–H and O–H groups in total. The van der Waals surface area contributed by atoms with Crippen LogP contribution in [0.1, 0.15) is 15.9 Å². The lowest BCUT2D eigenvalue weighted by Gasteiger charge is -2.13. The van der Waals surface area contributed by atoms with Gasteiger partial charge >= 0.3 is 0 Å². The molecule has 2 amide bonds. The third-order valence-corrected chi connectivity index (χ3v) is 5.51. The average Bonchev–Trinajstić information content (AvgIpc) is 2.75. The number of carbonyl (C=O) groups excluding carboxylic acids is 2. The summed E-state index contributed by atoms with van der Waals surface area (Å²) >= 11 is 6.68. The van der Waals surface area contributed by atoms with E-state index in [0.717, 1.165) is 0 Å². The van der Waals surface area contributed by atoms with Crippen LogP contribution in [0.5, 0.6) is 0 Å². The standard InChI is InChI=1S/C22H15Br2N3O4/c23-17-9-2-1-8-16(17)21(28)26-20(13-14-6-5-7-15(12-14)27(30)31)22(29)25-19-11-4-3-10-18(19)24/h1-13H,(H,25,29)(H,26,28)/b20-13-. The van der Waals surface area contributed by atoms with E-state index in [1.807, 2.05) is 0 Å². The summed E-state index contributed by atoms with van der Waals surface area (Å²) in [5.41, 5.74) is 1.03. The van der Waals surface area contributed by atoms with Crippen molar-refractivity contribution >= 4 is 61.1 Å². The molecule has 0 fully saturated rings. The zero-order valence-corrected chi connectivity index (χ0v) is 19.0. The maximum absolute atomic E-state index is 13.0. The summed E-state index contributed by atoms with van der Waals surface area (Å²) in [5.74, 6) is -1.09. The van der Waals surface area contributed by atoms with Crippen molar-refractivity contribution in [2.75, 3.05) is 5.32 Å². The van der Waals surface area contributed by atoms with Crippen molar-refractivity contribution in [2.24, 2.45) is 0 Å². The minimum atomic E-state index is -0.584. The Morgan fingerprint density at radius 3 is 2.26 bits per heavy atom. The number of hydrogen-bond donors (Lipinski definition) is 2. The van der Waals surface area contributed by atoms with Gasteiger partial charge in [0.25, 0.3) is 17.5 Å². The maximum atomic E-state index is 13.0. The molecule has 31 heavy (non-hydrogen) atoms. The van der Waals surface area contributed by atoms with Crippen LogP contribution in [-0.2, 0) is 4.79 Å². The SMILES string of the molecule is O=C(Nc1ccccc1Br)/C(=C/c1cccc([N+](=O)[O-])c1)NC(=O)c1ccccc1Br. The largest absolute Gasteiger partial charge is 0.320 e. The van der Waals surface area contributed by atoms with Crippen LogP contribution in [0.4, 0.5) is 11.4 Å². The van der Waals surface area contributed by atoms with Crippen LogP contribution in [0.3, 0.4) is 0 Å². The molecule has 0 saturated heterocycles. The first kappa shape index (κ1) is 22.4. The number of nitro groups is 1. The summed E-state index contributed by atoms with van der Waals surface area (Å²) in [4.78, 5) is 36.3. The summed E-state index contributed by atoms with van der Waals surface area (Å²) < 4.78 is 1.23. The molecule has 0 aliphatic rings. The van der Waals surface area contributed by atoms with Crippen molar-refractivity contribution in [3.05, 3.63) is 109 Å². The Kier molecular flexibility index (Phi) is 7.32. The minimum Gasteiger partial charge on any atom is -0.320 e. The molecular formula is C22H15Br2N3O4. The molecule has 156 valence electrons. The molecular weight excluding hydrogens is 530 g/mol. The average molecular weight is 545 g/mol. The fraction of sp³-hybridized carbons (Fsp3) is 0. The number of rotatable bonds is 6. The van der Waals surface area contributed by atoms with Crippen molar-refractivity contribution in [3.63, 3.8) is 0 Å². The number of nitro benzene ring substituents is 1. The summed E-state index contributed by atoms with van der Waals surface area (Å²) in [6.45, 7) is 0. The molecule has 0 atom stereocenters. The first-order valence-corrected chi connectivity index (χ1v) is 10.5. The molecule has 9 heteroatoms. The molecule has 0 bridgehead atoms. The number of nitrogens with zero attached hydrogens (tertiary/aromatic N) is 1. The van der Waals surface area contributed by atoms with Gasteiger partial charge < -0.3 is 10.6 Å². The van der Waals surface area contributed by atoms with Gasteiger partial charge in [-0.1, -0.05) is 36.4 Å². The number of amides is 2. The first-order chi connectivity index (χ1) is 14.8. The van der Waals surface area contributed by atoms with Crippen LogP contribution < -0.4 is 10.6 Å². The second kappa shape index (κ2) is 10.1. The normalized spacial score (nSPS) is 11.0. The zero-order chi connectivity index (χ0) is 22.4. The van der Waals surface area contributed by atoms with Crippen LogP contribution in [0.25, 0.3) is 6.08 Å². The molecule has 3 aromatic carbocycles. The van der Waals surface area contributed by atoms with Gasteiger partial charge in [-0.2, -0.15) is 0 Å². The zero-order valence-electron chi connectivity index (χ0n) is 15.8. The number of nitrogens with one attached hydrogen (secondary N) is 2. The number of benzene rings is 3. The Morgan fingerprint density at radius 2 is 1.58 bits per heavy atom. The molecule has 0 aliphatic carbocycles. The lowest BCUT2D eigenvalue weighted by atomic mass is 10.1. The van der Waals surface area contributed by atoms with Crippen molar-refractivity contribution in [1.29, 1.82) is 0 Å². The van der Waals surface area contributed by atoms with Gasteiger partial charge in [-0.05, 0) is 67.8 Å². The third kappa shape index (κ3) is 5.87. The van der Waals surface area contributed by atoms with E-state index in [0.29, 0.717) is 25.8 Å². The third-order valence-electron chi connectivity index (χ3n) is 4.13. The molecule has 0 spiro atoms. The number of non-ortho nitro benzene ring substituents is 1. The van der Waals surface area contributed by atoms with E-state index in [-0.39, 0.29) is 11.4 Å². The topological polar surface area (TPSA) is 101 Å². The predicted molar refractivity (Wildman–Crippen MR) is 125 cm³/mol. The van der Waals surface area contributed by atoms with Crippen molar-refractivity contribution in [3.8, 4) is 0 Å². The van der Waals surface area contributed by atoms with Gasteiger partial charge in [0.1, 0.15) is 5.70 Å². The van der Waals surface area contributed by atoms with Gasteiger partial charge in [0.05, 0.1) is 16.2 Å². The second-order valence-electron chi connectivity index (χ2n) is 6.28. The molecule has 3 rings (SSSR count). The van der Waals surface area contributed by atoms with Gasteiger partial charge in [0.15, 0.2) is 0 Å². The molecule has 3 aromatic rings. The van der Waals surface area contributed by atoms with E-state index in [1.165, 1.54) is 24.3 Å². The highest BCUT2D eigenvalue weighted by Gasteiger charge is 2.18. The van der Waals surface area contributed by atoms with Crippen molar-refractivity contribution in [2.45, 2.75) is 0 Å². The smallest absolute Gasteiger partial charge is 0.272 e. The van der Waals surface area contributed by atoms with E-state index >= 15 is 0 Å². The van der Waals surface area contributed by atoms with Gasteiger partial charge in [-0.25, -0.2) is 0 Å². The Balaban J connectivity index is 1.97. The summed E-state index contributed by atoms with van der Waals surface area (Å²) in [6, 6.07) is 19.6. The first-order valence-electron chi connectivity index (χ1n) is 8.93. The lowest BCUT2D eigenvalue weighted by Crippen LogP contribution is -2.31.